The first-order chi connectivity index (χ1) is 11.2. The number of fused-ring (bicyclic) bond motifs is 1. The molecule has 0 spiro atoms. The van der Waals surface area contributed by atoms with E-state index in [0.717, 1.165) is 11.0 Å². The predicted octanol–water partition coefficient (Wildman–Crippen LogP) is 1.87. The average molecular weight is 315 g/mol. The van der Waals surface area contributed by atoms with Gasteiger partial charge in [0.25, 0.3) is 0 Å². The van der Waals surface area contributed by atoms with Crippen LogP contribution in [0.3, 0.4) is 0 Å². The minimum absolute atomic E-state index is 0.0104. The molecule has 0 fully saturated rings. The molecule has 2 heterocycles. The van der Waals surface area contributed by atoms with Gasteiger partial charge in [-0.2, -0.15) is 0 Å². The number of carbonyl (C=O) groups is 1. The molecule has 2 aromatic heterocycles. The summed E-state index contributed by atoms with van der Waals surface area (Å²) in [7, 11) is 1.31. The smallest absolute Gasteiger partial charge is 0.373 e. The number of rotatable bonds is 6. The maximum absolute atomic E-state index is 11.5. The van der Waals surface area contributed by atoms with Gasteiger partial charge in [0, 0.05) is 6.54 Å². The molecular formula is C16H17N3O4. The Labute approximate surface area is 132 Å². The first-order valence-electron chi connectivity index (χ1n) is 7.20. The number of methoxy groups -OCH3 is 1. The van der Waals surface area contributed by atoms with Gasteiger partial charge in [-0.1, -0.05) is 12.1 Å². The number of esters is 1. The Balaban J connectivity index is 1.94. The molecule has 0 aliphatic carbocycles. The van der Waals surface area contributed by atoms with Gasteiger partial charge in [-0.05, 0) is 24.3 Å². The number of nitrogens with one attached hydrogen (secondary N) is 1. The van der Waals surface area contributed by atoms with Crippen LogP contribution in [0.1, 0.15) is 16.3 Å². The number of hydrogen-bond acceptors (Lipinski definition) is 6. The number of benzene rings is 1. The molecule has 0 atom stereocenters. The lowest BCUT2D eigenvalue weighted by molar-refractivity contribution is 0.0563. The molecule has 0 saturated heterocycles. The van der Waals surface area contributed by atoms with Crippen LogP contribution in [0.5, 0.6) is 0 Å². The van der Waals surface area contributed by atoms with Crippen molar-refractivity contribution in [2.24, 2.45) is 0 Å². The molecule has 23 heavy (non-hydrogen) atoms. The predicted molar refractivity (Wildman–Crippen MR) is 84.5 cm³/mol. The summed E-state index contributed by atoms with van der Waals surface area (Å²) in [5, 5.41) is 12.1. The Bertz CT molecular complexity index is 822. The van der Waals surface area contributed by atoms with Crippen molar-refractivity contribution in [3.63, 3.8) is 0 Å². The van der Waals surface area contributed by atoms with Gasteiger partial charge in [0.1, 0.15) is 5.76 Å². The molecule has 0 radical (unpaired) electrons. The lowest BCUT2D eigenvalue weighted by Gasteiger charge is -2.08. The lowest BCUT2D eigenvalue weighted by Crippen LogP contribution is -2.11. The third kappa shape index (κ3) is 3.04. The second-order valence-corrected chi connectivity index (χ2v) is 4.92. The Hall–Kier alpha value is -2.80. The van der Waals surface area contributed by atoms with Crippen LogP contribution in [-0.4, -0.2) is 40.9 Å². The zero-order chi connectivity index (χ0) is 16.2. The number of para-hydroxylation sites is 2. The Morgan fingerprint density at radius 2 is 2.17 bits per heavy atom. The van der Waals surface area contributed by atoms with Gasteiger partial charge in [0.05, 0.1) is 31.3 Å². The highest BCUT2D eigenvalue weighted by molar-refractivity contribution is 5.86. The minimum atomic E-state index is -0.509. The van der Waals surface area contributed by atoms with Crippen molar-refractivity contribution in [1.29, 1.82) is 0 Å². The summed E-state index contributed by atoms with van der Waals surface area (Å²) in [6, 6.07) is 11.0. The molecule has 0 amide bonds. The summed E-state index contributed by atoms with van der Waals surface area (Å²) in [6.07, 6.45) is 0. The molecule has 3 aromatic rings. The fourth-order valence-corrected chi connectivity index (χ4v) is 2.37. The van der Waals surface area contributed by atoms with Crippen LogP contribution in [0.4, 0.5) is 5.95 Å². The van der Waals surface area contributed by atoms with Gasteiger partial charge in [-0.15, -0.1) is 0 Å². The van der Waals surface area contributed by atoms with Crippen molar-refractivity contribution in [3.05, 3.63) is 47.9 Å². The summed E-state index contributed by atoms with van der Waals surface area (Å²) < 4.78 is 12.1. The van der Waals surface area contributed by atoms with Crippen molar-refractivity contribution in [3.8, 4) is 0 Å². The highest BCUT2D eigenvalue weighted by Gasteiger charge is 2.15. The van der Waals surface area contributed by atoms with E-state index in [1.54, 1.807) is 12.1 Å². The van der Waals surface area contributed by atoms with Crippen LogP contribution >= 0.6 is 0 Å². The van der Waals surface area contributed by atoms with Crippen LogP contribution in [-0.2, 0) is 11.3 Å². The molecule has 3 rings (SSSR count). The molecule has 0 unspecified atom stereocenters. The number of aliphatic hydroxyl groups excluding tert-OH is 1. The largest absolute Gasteiger partial charge is 0.463 e. The van der Waals surface area contributed by atoms with Gasteiger partial charge < -0.3 is 24.1 Å². The monoisotopic (exact) mass is 315 g/mol. The molecule has 0 aliphatic rings. The number of imidazole rings is 1. The zero-order valence-corrected chi connectivity index (χ0v) is 12.7. The van der Waals surface area contributed by atoms with Crippen LogP contribution in [0.25, 0.3) is 11.0 Å². The van der Waals surface area contributed by atoms with Crippen molar-refractivity contribution in [2.45, 2.75) is 6.54 Å². The fraction of sp³-hybridized carbons (Fsp3) is 0.250. The Morgan fingerprint density at radius 3 is 2.96 bits per heavy atom. The quantitative estimate of drug-likeness (QED) is 0.675. The van der Waals surface area contributed by atoms with Gasteiger partial charge in [-0.3, -0.25) is 0 Å². The van der Waals surface area contributed by atoms with Crippen molar-refractivity contribution < 1.29 is 19.1 Å². The molecule has 0 saturated carbocycles. The van der Waals surface area contributed by atoms with Crippen LogP contribution < -0.4 is 5.32 Å². The summed E-state index contributed by atoms with van der Waals surface area (Å²) in [6.45, 7) is 0.816. The maximum atomic E-state index is 11.5. The number of furan rings is 1. The van der Waals surface area contributed by atoms with E-state index in [4.69, 9.17) is 9.52 Å². The summed E-state index contributed by atoms with van der Waals surface area (Å²) in [5.74, 6) is 0.902. The summed E-state index contributed by atoms with van der Waals surface area (Å²) in [5.41, 5.74) is 1.77. The van der Waals surface area contributed by atoms with E-state index in [9.17, 15) is 4.79 Å². The topological polar surface area (TPSA) is 89.5 Å². The maximum Gasteiger partial charge on any atom is 0.373 e. The number of anilines is 1. The average Bonchev–Trinajstić information content (AvgIpc) is 3.18. The van der Waals surface area contributed by atoms with E-state index in [1.807, 2.05) is 28.8 Å². The van der Waals surface area contributed by atoms with Crippen LogP contribution in [0, 0.1) is 0 Å². The third-order valence-corrected chi connectivity index (χ3v) is 3.41. The zero-order valence-electron chi connectivity index (χ0n) is 12.7. The lowest BCUT2D eigenvalue weighted by atomic mass is 10.3. The SMILES string of the molecule is COC(=O)c1ccc(Cn2c(NCCO)nc3ccccc32)o1. The summed E-state index contributed by atoms with van der Waals surface area (Å²) in [4.78, 5) is 16.0. The highest BCUT2D eigenvalue weighted by atomic mass is 16.5. The van der Waals surface area contributed by atoms with Gasteiger partial charge in [0.15, 0.2) is 0 Å². The standard InChI is InChI=1S/C16H17N3O4/c1-22-15(21)14-7-6-11(23-14)10-19-13-5-3-2-4-12(13)18-16(19)17-8-9-20/h2-7,20H,8-10H2,1H3,(H,17,18). The number of ether oxygens (including phenoxy) is 1. The second kappa shape index (κ2) is 6.53. The fourth-order valence-electron chi connectivity index (χ4n) is 2.37. The number of aromatic nitrogens is 2. The highest BCUT2D eigenvalue weighted by Crippen LogP contribution is 2.22. The van der Waals surface area contributed by atoms with Crippen molar-refractivity contribution in [1.82, 2.24) is 9.55 Å². The Morgan fingerprint density at radius 1 is 1.35 bits per heavy atom. The van der Waals surface area contributed by atoms with Crippen LogP contribution in [0.15, 0.2) is 40.8 Å². The Kier molecular flexibility index (Phi) is 4.29. The molecule has 0 aliphatic heterocycles. The first kappa shape index (κ1) is 15.1. The molecule has 2 N–H and O–H groups in total. The summed E-state index contributed by atoms with van der Waals surface area (Å²) >= 11 is 0. The molecule has 120 valence electrons. The van der Waals surface area contributed by atoms with E-state index < -0.39 is 5.97 Å². The van der Waals surface area contributed by atoms with E-state index in [-0.39, 0.29) is 12.4 Å². The van der Waals surface area contributed by atoms with E-state index in [0.29, 0.717) is 24.8 Å². The number of nitrogens with zero attached hydrogens (tertiary/aromatic N) is 2. The molecule has 0 bridgehead atoms. The van der Waals surface area contributed by atoms with E-state index in [2.05, 4.69) is 15.0 Å². The molecular weight excluding hydrogens is 298 g/mol. The van der Waals surface area contributed by atoms with Gasteiger partial charge >= 0.3 is 5.97 Å². The normalized spacial score (nSPS) is 10.9. The number of hydrogen-bond donors (Lipinski definition) is 2. The molecule has 7 heteroatoms. The second-order valence-electron chi connectivity index (χ2n) is 4.92. The van der Waals surface area contributed by atoms with Crippen LogP contribution in [0.2, 0.25) is 0 Å². The van der Waals surface area contributed by atoms with Crippen molar-refractivity contribution >= 4 is 23.0 Å². The third-order valence-electron chi connectivity index (χ3n) is 3.41. The van der Waals surface area contributed by atoms with E-state index >= 15 is 0 Å². The molecule has 1 aromatic carbocycles. The van der Waals surface area contributed by atoms with Gasteiger partial charge in [0.2, 0.25) is 11.7 Å². The minimum Gasteiger partial charge on any atom is -0.463 e. The van der Waals surface area contributed by atoms with Crippen molar-refractivity contribution in [2.75, 3.05) is 25.6 Å². The first-order valence-corrected chi connectivity index (χ1v) is 7.20. The number of aliphatic hydroxyl groups is 1. The van der Waals surface area contributed by atoms with E-state index in [1.165, 1.54) is 7.11 Å². The number of carbonyl (C=O) groups excluding carboxylic acids is 1. The molecule has 7 nitrogen and oxygen atoms in total. The van der Waals surface area contributed by atoms with Gasteiger partial charge in [-0.25, -0.2) is 9.78 Å².